The van der Waals surface area contributed by atoms with Crippen LogP contribution in [-0.4, -0.2) is 56.5 Å². The molecule has 0 radical (unpaired) electrons. The average molecular weight is 336 g/mol. The minimum Gasteiger partial charge on any atom is -0.494 e. The van der Waals surface area contributed by atoms with Crippen LogP contribution in [0.15, 0.2) is 24.3 Å². The summed E-state index contributed by atoms with van der Waals surface area (Å²) in [6.45, 7) is 2.21. The van der Waals surface area contributed by atoms with E-state index in [1.807, 2.05) is 0 Å². The fourth-order valence-corrected chi connectivity index (χ4v) is 1.73. The first-order chi connectivity index (χ1) is 11.5. The summed E-state index contributed by atoms with van der Waals surface area (Å²) in [6, 6.07) is 6.54. The number of nitrogens with zero attached hydrogens (tertiary/aromatic N) is 1. The second-order valence-electron chi connectivity index (χ2n) is 5.23. The minimum atomic E-state index is -0.600. The molecular formula is C17H24N2O5. The second-order valence-corrected chi connectivity index (χ2v) is 5.23. The monoisotopic (exact) mass is 336 g/mol. The Bertz CT molecular complexity index is 557. The van der Waals surface area contributed by atoms with Crippen molar-refractivity contribution in [2.75, 3.05) is 33.9 Å². The molecule has 1 aromatic rings. The van der Waals surface area contributed by atoms with Crippen LogP contribution in [-0.2, 0) is 14.3 Å². The fourth-order valence-electron chi connectivity index (χ4n) is 1.73. The Kier molecular flexibility index (Phi) is 8.32. The Balaban J connectivity index is 2.44. The number of carbonyl (C=O) groups excluding carboxylic acids is 3. The first-order valence-corrected chi connectivity index (χ1v) is 7.82. The molecule has 0 saturated heterocycles. The Hall–Kier alpha value is -2.57. The molecule has 2 amide bonds. The molecule has 0 bridgehead atoms. The van der Waals surface area contributed by atoms with Gasteiger partial charge in [-0.3, -0.25) is 9.59 Å². The highest BCUT2D eigenvalue weighted by Gasteiger charge is 2.15. The van der Waals surface area contributed by atoms with Crippen molar-refractivity contribution in [1.29, 1.82) is 0 Å². The zero-order valence-corrected chi connectivity index (χ0v) is 14.3. The van der Waals surface area contributed by atoms with Gasteiger partial charge in [-0.15, -0.1) is 0 Å². The van der Waals surface area contributed by atoms with Gasteiger partial charge in [0.25, 0.3) is 5.91 Å². The van der Waals surface area contributed by atoms with Crippen LogP contribution in [0.25, 0.3) is 0 Å². The van der Waals surface area contributed by atoms with Gasteiger partial charge in [0.15, 0.2) is 6.61 Å². The van der Waals surface area contributed by atoms with Gasteiger partial charge in [0, 0.05) is 14.1 Å². The van der Waals surface area contributed by atoms with Gasteiger partial charge in [-0.2, -0.15) is 0 Å². The molecule has 0 aliphatic heterocycles. The standard InChI is InChI=1S/C17H24N2O5/c1-4-5-10-23-14-8-6-13(7-9-14)17(22)24-12-16(21)19(3)11-15(20)18-2/h6-9H,4-5,10-12H2,1-3H3,(H,18,20). The van der Waals surface area contributed by atoms with E-state index < -0.39 is 18.5 Å². The fraction of sp³-hybridized carbons (Fsp3) is 0.471. The van der Waals surface area contributed by atoms with Gasteiger partial charge in [-0.05, 0) is 30.7 Å². The van der Waals surface area contributed by atoms with Crippen LogP contribution in [0.3, 0.4) is 0 Å². The summed E-state index contributed by atoms with van der Waals surface area (Å²) in [6.07, 6.45) is 2.02. The van der Waals surface area contributed by atoms with Crippen molar-refractivity contribution in [3.8, 4) is 5.75 Å². The van der Waals surface area contributed by atoms with Gasteiger partial charge in [-0.25, -0.2) is 4.79 Å². The van der Waals surface area contributed by atoms with Gasteiger partial charge in [0.05, 0.1) is 18.7 Å². The number of hydrogen-bond acceptors (Lipinski definition) is 5. The third-order valence-electron chi connectivity index (χ3n) is 3.27. The Morgan fingerprint density at radius 3 is 2.42 bits per heavy atom. The maximum atomic E-state index is 11.9. The lowest BCUT2D eigenvalue weighted by Gasteiger charge is -2.15. The number of amides is 2. The third kappa shape index (κ3) is 6.68. The molecule has 1 N–H and O–H groups in total. The normalized spacial score (nSPS) is 9.96. The number of rotatable bonds is 9. The van der Waals surface area contributed by atoms with E-state index in [0.29, 0.717) is 17.9 Å². The van der Waals surface area contributed by atoms with E-state index in [-0.39, 0.29) is 12.5 Å². The lowest BCUT2D eigenvalue weighted by molar-refractivity contribution is -0.137. The second kappa shape index (κ2) is 10.3. The molecular weight excluding hydrogens is 312 g/mol. The average Bonchev–Trinajstić information content (AvgIpc) is 2.59. The number of nitrogens with one attached hydrogen (secondary N) is 1. The lowest BCUT2D eigenvalue weighted by Crippen LogP contribution is -2.39. The Morgan fingerprint density at radius 1 is 1.17 bits per heavy atom. The summed E-state index contributed by atoms with van der Waals surface area (Å²) in [5.41, 5.74) is 0.333. The number of ether oxygens (including phenoxy) is 2. The van der Waals surface area contributed by atoms with E-state index in [0.717, 1.165) is 12.8 Å². The van der Waals surface area contributed by atoms with Gasteiger partial charge in [0.2, 0.25) is 5.91 Å². The maximum absolute atomic E-state index is 11.9. The first kappa shape index (κ1) is 19.5. The maximum Gasteiger partial charge on any atom is 0.338 e. The van der Waals surface area contributed by atoms with Crippen LogP contribution >= 0.6 is 0 Å². The summed E-state index contributed by atoms with van der Waals surface area (Å²) >= 11 is 0. The van der Waals surface area contributed by atoms with E-state index in [1.54, 1.807) is 24.3 Å². The van der Waals surface area contributed by atoms with Crippen molar-refractivity contribution in [3.63, 3.8) is 0 Å². The number of carbonyl (C=O) groups is 3. The molecule has 132 valence electrons. The van der Waals surface area contributed by atoms with Gasteiger partial charge in [-0.1, -0.05) is 13.3 Å². The smallest absolute Gasteiger partial charge is 0.338 e. The van der Waals surface area contributed by atoms with Crippen LogP contribution in [0.4, 0.5) is 0 Å². The van der Waals surface area contributed by atoms with E-state index in [9.17, 15) is 14.4 Å². The molecule has 1 rings (SSSR count). The van der Waals surface area contributed by atoms with Crippen molar-refractivity contribution in [3.05, 3.63) is 29.8 Å². The molecule has 0 saturated carbocycles. The molecule has 0 aromatic heterocycles. The summed E-state index contributed by atoms with van der Waals surface area (Å²) < 4.78 is 10.5. The van der Waals surface area contributed by atoms with Crippen LogP contribution in [0.2, 0.25) is 0 Å². The predicted octanol–water partition coefficient (Wildman–Crippen LogP) is 1.23. The van der Waals surface area contributed by atoms with E-state index in [4.69, 9.17) is 9.47 Å². The van der Waals surface area contributed by atoms with Gasteiger partial charge >= 0.3 is 5.97 Å². The van der Waals surface area contributed by atoms with Gasteiger partial charge in [0.1, 0.15) is 5.75 Å². The predicted molar refractivity (Wildman–Crippen MR) is 88.8 cm³/mol. The Morgan fingerprint density at radius 2 is 1.83 bits per heavy atom. The van der Waals surface area contributed by atoms with Crippen LogP contribution < -0.4 is 10.1 Å². The molecule has 1 aromatic carbocycles. The summed E-state index contributed by atoms with van der Waals surface area (Å²) in [5, 5.41) is 2.41. The van der Waals surface area contributed by atoms with Crippen molar-refractivity contribution in [2.24, 2.45) is 0 Å². The molecule has 0 unspecified atom stereocenters. The summed E-state index contributed by atoms with van der Waals surface area (Å²) in [5.74, 6) is -0.666. The SMILES string of the molecule is CCCCOc1ccc(C(=O)OCC(=O)N(C)CC(=O)NC)cc1. The molecule has 0 aliphatic carbocycles. The molecule has 0 aliphatic rings. The highest BCUT2D eigenvalue weighted by molar-refractivity contribution is 5.92. The minimum absolute atomic E-state index is 0.0866. The first-order valence-electron chi connectivity index (χ1n) is 7.82. The number of unbranched alkanes of at least 4 members (excludes halogenated alkanes) is 1. The van der Waals surface area contributed by atoms with Crippen LogP contribution in [0.5, 0.6) is 5.75 Å². The van der Waals surface area contributed by atoms with Crippen molar-refractivity contribution in [1.82, 2.24) is 10.2 Å². The number of hydrogen-bond donors (Lipinski definition) is 1. The molecule has 0 fully saturated rings. The number of benzene rings is 1. The Labute approximate surface area is 141 Å². The van der Waals surface area contributed by atoms with E-state index >= 15 is 0 Å². The van der Waals surface area contributed by atoms with E-state index in [2.05, 4.69) is 12.2 Å². The van der Waals surface area contributed by atoms with Crippen LogP contribution in [0.1, 0.15) is 30.1 Å². The quantitative estimate of drug-likeness (QED) is 0.541. The van der Waals surface area contributed by atoms with Crippen molar-refractivity contribution >= 4 is 17.8 Å². The largest absolute Gasteiger partial charge is 0.494 e. The summed E-state index contributed by atoms with van der Waals surface area (Å²) in [7, 11) is 2.95. The number of esters is 1. The lowest BCUT2D eigenvalue weighted by atomic mass is 10.2. The van der Waals surface area contributed by atoms with E-state index in [1.165, 1.54) is 19.0 Å². The zero-order valence-electron chi connectivity index (χ0n) is 14.3. The molecule has 0 spiro atoms. The summed E-state index contributed by atoms with van der Waals surface area (Å²) in [4.78, 5) is 36.1. The van der Waals surface area contributed by atoms with Crippen LogP contribution in [0, 0.1) is 0 Å². The topological polar surface area (TPSA) is 84.9 Å². The molecule has 0 heterocycles. The highest BCUT2D eigenvalue weighted by atomic mass is 16.5. The number of likely N-dealkylation sites (N-methyl/N-ethyl adjacent to an activating group) is 2. The van der Waals surface area contributed by atoms with Crippen molar-refractivity contribution in [2.45, 2.75) is 19.8 Å². The zero-order chi connectivity index (χ0) is 17.9. The molecule has 0 atom stereocenters. The molecule has 24 heavy (non-hydrogen) atoms. The highest BCUT2D eigenvalue weighted by Crippen LogP contribution is 2.13. The molecule has 7 heteroatoms. The molecule has 7 nitrogen and oxygen atoms in total. The van der Waals surface area contributed by atoms with Crippen molar-refractivity contribution < 1.29 is 23.9 Å². The van der Waals surface area contributed by atoms with Gasteiger partial charge < -0.3 is 19.7 Å². The third-order valence-corrected chi connectivity index (χ3v) is 3.27.